The first-order valence-corrected chi connectivity index (χ1v) is 10.3. The topological polar surface area (TPSA) is 17.8 Å². The van der Waals surface area contributed by atoms with Gasteiger partial charge in [0.15, 0.2) is 0 Å². The minimum absolute atomic E-state index is 0.281. The van der Waals surface area contributed by atoms with Gasteiger partial charge in [-0.3, -0.25) is 4.57 Å². The van der Waals surface area contributed by atoms with Crippen LogP contribution in [0.25, 0.3) is 39.6 Å². The van der Waals surface area contributed by atoms with Crippen LogP contribution in [0.3, 0.4) is 0 Å². The van der Waals surface area contributed by atoms with Gasteiger partial charge in [-0.15, -0.1) is 0 Å². The van der Waals surface area contributed by atoms with Crippen molar-refractivity contribution in [3.8, 4) is 39.6 Å². The maximum Gasteiger partial charge on any atom is 0.145 e. The van der Waals surface area contributed by atoms with Crippen LogP contribution in [0.15, 0.2) is 109 Å². The van der Waals surface area contributed by atoms with Gasteiger partial charge in [0.05, 0.1) is 11.4 Å². The first kappa shape index (κ1) is 19.3. The molecule has 0 unspecified atom stereocenters. The van der Waals surface area contributed by atoms with E-state index >= 15 is 0 Å². The van der Waals surface area contributed by atoms with Crippen molar-refractivity contribution in [3.63, 3.8) is 0 Å². The monoisotopic (exact) mass is 424 g/mol. The molecule has 2 nitrogen and oxygen atoms in total. The van der Waals surface area contributed by atoms with Crippen molar-refractivity contribution in [1.82, 2.24) is 9.55 Å². The third-order valence-electron chi connectivity index (χ3n) is 5.14. The number of hydrogen-bond acceptors (Lipinski definition) is 1. The molecule has 0 bridgehead atoms. The molecular formula is C27H18ClFN2. The van der Waals surface area contributed by atoms with Crippen LogP contribution in [-0.2, 0) is 0 Å². The number of rotatable bonds is 4. The molecule has 0 aliphatic rings. The second kappa shape index (κ2) is 8.21. The number of halogens is 2. The van der Waals surface area contributed by atoms with Gasteiger partial charge in [-0.2, -0.15) is 0 Å². The number of hydrogen-bond donors (Lipinski definition) is 0. The van der Waals surface area contributed by atoms with E-state index in [0.717, 1.165) is 39.6 Å². The van der Waals surface area contributed by atoms with E-state index in [9.17, 15) is 4.39 Å². The van der Waals surface area contributed by atoms with E-state index < -0.39 is 0 Å². The molecule has 31 heavy (non-hydrogen) atoms. The highest BCUT2D eigenvalue weighted by Gasteiger charge is 2.22. The van der Waals surface area contributed by atoms with Gasteiger partial charge in [-0.1, -0.05) is 78.3 Å². The Labute approximate surface area is 185 Å². The third kappa shape index (κ3) is 3.76. The minimum atomic E-state index is -0.281. The van der Waals surface area contributed by atoms with Gasteiger partial charge in [0.25, 0.3) is 0 Å². The van der Waals surface area contributed by atoms with E-state index in [1.807, 2.05) is 72.8 Å². The van der Waals surface area contributed by atoms with Crippen molar-refractivity contribution in [3.05, 3.63) is 120 Å². The van der Waals surface area contributed by atoms with Gasteiger partial charge < -0.3 is 0 Å². The molecule has 0 amide bonds. The Bertz CT molecular complexity index is 1330. The highest BCUT2D eigenvalue weighted by Crippen LogP contribution is 2.38. The number of nitrogens with zero attached hydrogens (tertiary/aromatic N) is 2. The van der Waals surface area contributed by atoms with Crippen molar-refractivity contribution in [2.24, 2.45) is 0 Å². The number of benzene rings is 4. The quantitative estimate of drug-likeness (QED) is 0.289. The summed E-state index contributed by atoms with van der Waals surface area (Å²) in [6.45, 7) is 0. The second-order valence-electron chi connectivity index (χ2n) is 7.19. The molecule has 0 radical (unpaired) electrons. The van der Waals surface area contributed by atoms with Gasteiger partial charge in [-0.25, -0.2) is 9.37 Å². The Morgan fingerprint density at radius 1 is 0.645 bits per heavy atom. The van der Waals surface area contributed by atoms with E-state index in [1.54, 1.807) is 12.1 Å². The fraction of sp³-hybridized carbons (Fsp3) is 0. The molecule has 1 aromatic heterocycles. The lowest BCUT2D eigenvalue weighted by Crippen LogP contribution is -2.00. The zero-order chi connectivity index (χ0) is 21.2. The lowest BCUT2D eigenvalue weighted by molar-refractivity contribution is 0.628. The van der Waals surface area contributed by atoms with Gasteiger partial charge in [0.1, 0.15) is 11.6 Å². The molecule has 4 aromatic carbocycles. The first-order valence-electron chi connectivity index (χ1n) is 9.96. The fourth-order valence-corrected chi connectivity index (χ4v) is 3.92. The third-order valence-corrected chi connectivity index (χ3v) is 5.38. The summed E-state index contributed by atoms with van der Waals surface area (Å²) in [6.07, 6.45) is 0. The fourth-order valence-electron chi connectivity index (χ4n) is 3.74. The highest BCUT2D eigenvalue weighted by atomic mass is 35.5. The van der Waals surface area contributed by atoms with Gasteiger partial charge in [-0.05, 0) is 42.5 Å². The first-order chi connectivity index (χ1) is 15.2. The molecule has 0 aliphatic heterocycles. The molecule has 5 rings (SSSR count). The summed E-state index contributed by atoms with van der Waals surface area (Å²) in [4.78, 5) is 5.06. The summed E-state index contributed by atoms with van der Waals surface area (Å²) < 4.78 is 15.7. The molecule has 0 saturated heterocycles. The SMILES string of the molecule is Fc1ccc(-c2nc(-c3ccccc3)c(-c3ccccc3)n2-c2cccc(Cl)c2)cc1. The molecule has 0 spiro atoms. The molecule has 1 heterocycles. The summed E-state index contributed by atoms with van der Waals surface area (Å²) in [7, 11) is 0. The van der Waals surface area contributed by atoms with Crippen molar-refractivity contribution < 1.29 is 4.39 Å². The van der Waals surface area contributed by atoms with Gasteiger partial charge in [0.2, 0.25) is 0 Å². The predicted molar refractivity (Wildman–Crippen MR) is 125 cm³/mol. The molecule has 150 valence electrons. The van der Waals surface area contributed by atoms with Crippen molar-refractivity contribution in [2.75, 3.05) is 0 Å². The van der Waals surface area contributed by atoms with Gasteiger partial charge in [0, 0.05) is 27.4 Å². The van der Waals surface area contributed by atoms with Crippen LogP contribution in [0.5, 0.6) is 0 Å². The maximum atomic E-state index is 13.6. The Balaban J connectivity index is 1.89. The van der Waals surface area contributed by atoms with Crippen molar-refractivity contribution >= 4 is 11.6 Å². The summed E-state index contributed by atoms with van der Waals surface area (Å²) in [5, 5.41) is 0.636. The Morgan fingerprint density at radius 2 is 1.29 bits per heavy atom. The minimum Gasteiger partial charge on any atom is -0.292 e. The van der Waals surface area contributed by atoms with Gasteiger partial charge >= 0.3 is 0 Å². The molecule has 4 heteroatoms. The molecule has 0 fully saturated rings. The summed E-state index contributed by atoms with van der Waals surface area (Å²) in [5.74, 6) is 0.441. The maximum absolute atomic E-state index is 13.6. The van der Waals surface area contributed by atoms with E-state index in [2.05, 4.69) is 16.7 Å². The summed E-state index contributed by atoms with van der Waals surface area (Å²) in [5.41, 5.74) is 5.55. The van der Waals surface area contributed by atoms with Crippen LogP contribution in [-0.4, -0.2) is 9.55 Å². The Kier molecular flexibility index (Phi) is 5.11. The van der Waals surface area contributed by atoms with E-state index in [4.69, 9.17) is 16.6 Å². The Morgan fingerprint density at radius 3 is 1.94 bits per heavy atom. The second-order valence-corrected chi connectivity index (χ2v) is 7.62. The van der Waals surface area contributed by atoms with Crippen LogP contribution in [0, 0.1) is 5.82 Å². The van der Waals surface area contributed by atoms with E-state index in [0.29, 0.717) is 5.02 Å². The van der Waals surface area contributed by atoms with Crippen LogP contribution in [0.1, 0.15) is 0 Å². The normalized spacial score (nSPS) is 10.9. The predicted octanol–water partition coefficient (Wildman–Crippen LogP) is 7.67. The van der Waals surface area contributed by atoms with Crippen LogP contribution in [0.4, 0.5) is 4.39 Å². The molecule has 0 atom stereocenters. The molecule has 0 N–H and O–H groups in total. The number of imidazole rings is 1. The zero-order valence-corrected chi connectivity index (χ0v) is 17.3. The molecule has 5 aromatic rings. The lowest BCUT2D eigenvalue weighted by Gasteiger charge is -2.14. The average Bonchev–Trinajstić information content (AvgIpc) is 3.21. The molecule has 0 saturated carbocycles. The molecule has 0 aliphatic carbocycles. The Hall–Kier alpha value is -3.69. The van der Waals surface area contributed by atoms with Crippen LogP contribution in [0.2, 0.25) is 5.02 Å². The average molecular weight is 425 g/mol. The lowest BCUT2D eigenvalue weighted by atomic mass is 10.0. The largest absolute Gasteiger partial charge is 0.292 e. The standard InChI is InChI=1S/C27H18ClFN2/c28-22-12-7-13-24(18-22)31-26(20-10-5-2-6-11-20)25(19-8-3-1-4-9-19)30-27(31)21-14-16-23(29)17-15-21/h1-18H. The van der Waals surface area contributed by atoms with Crippen molar-refractivity contribution in [2.45, 2.75) is 0 Å². The van der Waals surface area contributed by atoms with Crippen LogP contribution < -0.4 is 0 Å². The highest BCUT2D eigenvalue weighted by molar-refractivity contribution is 6.30. The van der Waals surface area contributed by atoms with E-state index in [1.165, 1.54) is 12.1 Å². The van der Waals surface area contributed by atoms with Crippen molar-refractivity contribution in [1.29, 1.82) is 0 Å². The van der Waals surface area contributed by atoms with Crippen LogP contribution >= 0.6 is 11.6 Å². The number of aromatic nitrogens is 2. The smallest absolute Gasteiger partial charge is 0.145 e. The molecular weight excluding hydrogens is 407 g/mol. The zero-order valence-electron chi connectivity index (χ0n) is 16.5. The summed E-state index contributed by atoms with van der Waals surface area (Å²) in [6, 6.07) is 34.3. The summed E-state index contributed by atoms with van der Waals surface area (Å²) >= 11 is 6.35. The van der Waals surface area contributed by atoms with E-state index in [-0.39, 0.29) is 5.82 Å².